The molecule has 0 aromatic heterocycles. The van der Waals surface area contributed by atoms with E-state index in [0.29, 0.717) is 19.4 Å². The third-order valence-electron chi connectivity index (χ3n) is 4.48. The largest absolute Gasteiger partial charge is 0.480 e. The minimum absolute atomic E-state index is 0.0235. The molecule has 0 aliphatic heterocycles. The van der Waals surface area contributed by atoms with Crippen LogP contribution in [0.25, 0.3) is 0 Å². The Hall–Kier alpha value is -1.36. The van der Waals surface area contributed by atoms with Crippen LogP contribution in [0.3, 0.4) is 0 Å². The van der Waals surface area contributed by atoms with E-state index in [9.17, 15) is 9.59 Å². The first kappa shape index (κ1) is 13.6. The van der Waals surface area contributed by atoms with Gasteiger partial charge in [0.15, 0.2) is 0 Å². The molecule has 1 amide bonds. The zero-order valence-corrected chi connectivity index (χ0v) is 12.6. The highest BCUT2D eigenvalue weighted by Gasteiger charge is 2.57. The standard InChI is InChI=1S/C15H16BrNO3/c16-11-4-2-1-3-10(11)14(5-6-14)9-17-12(18)15(7-8-15)13(19)20/h1-4H,5-9H2,(H,17,18)(H,19,20). The molecule has 2 aliphatic rings. The van der Waals surface area contributed by atoms with E-state index in [4.69, 9.17) is 5.11 Å². The predicted molar refractivity (Wildman–Crippen MR) is 77.4 cm³/mol. The Kier molecular flexibility index (Phi) is 3.12. The van der Waals surface area contributed by atoms with Gasteiger partial charge in [-0.05, 0) is 37.3 Å². The lowest BCUT2D eigenvalue weighted by atomic mass is 9.95. The Morgan fingerprint density at radius 3 is 2.35 bits per heavy atom. The van der Waals surface area contributed by atoms with E-state index in [2.05, 4.69) is 27.3 Å². The summed E-state index contributed by atoms with van der Waals surface area (Å²) in [7, 11) is 0. The van der Waals surface area contributed by atoms with Crippen molar-refractivity contribution >= 4 is 27.8 Å². The van der Waals surface area contributed by atoms with Gasteiger partial charge in [-0.1, -0.05) is 34.1 Å². The molecule has 0 bridgehead atoms. The van der Waals surface area contributed by atoms with Crippen LogP contribution in [0, 0.1) is 5.41 Å². The van der Waals surface area contributed by atoms with Crippen molar-refractivity contribution in [2.24, 2.45) is 5.41 Å². The highest BCUT2D eigenvalue weighted by atomic mass is 79.9. The van der Waals surface area contributed by atoms with Crippen LogP contribution in [0.2, 0.25) is 0 Å². The molecule has 2 aliphatic carbocycles. The second-order valence-corrected chi connectivity index (χ2v) is 6.68. The quantitative estimate of drug-likeness (QED) is 0.811. The fraction of sp³-hybridized carbons (Fsp3) is 0.467. The summed E-state index contributed by atoms with van der Waals surface area (Å²) in [6.45, 7) is 0.517. The highest BCUT2D eigenvalue weighted by Crippen LogP contribution is 2.51. The molecule has 0 radical (unpaired) electrons. The molecule has 20 heavy (non-hydrogen) atoms. The molecular weight excluding hydrogens is 322 g/mol. The third kappa shape index (κ3) is 2.14. The minimum atomic E-state index is -1.15. The molecule has 4 nitrogen and oxygen atoms in total. The lowest BCUT2D eigenvalue weighted by molar-refractivity contribution is -0.149. The summed E-state index contributed by atoms with van der Waals surface area (Å²) in [4.78, 5) is 23.2. The van der Waals surface area contributed by atoms with Crippen LogP contribution in [0.1, 0.15) is 31.2 Å². The molecule has 2 fully saturated rings. The zero-order valence-electron chi connectivity index (χ0n) is 11.0. The molecule has 0 unspecified atom stereocenters. The van der Waals surface area contributed by atoms with Gasteiger partial charge in [-0.15, -0.1) is 0 Å². The number of carboxylic acid groups (broad SMARTS) is 1. The van der Waals surface area contributed by atoms with Crippen molar-refractivity contribution in [3.05, 3.63) is 34.3 Å². The second kappa shape index (κ2) is 4.58. The van der Waals surface area contributed by atoms with Crippen molar-refractivity contribution in [2.75, 3.05) is 6.54 Å². The molecule has 3 rings (SSSR count). The number of hydrogen-bond donors (Lipinski definition) is 2. The topological polar surface area (TPSA) is 66.4 Å². The fourth-order valence-corrected chi connectivity index (χ4v) is 3.37. The molecule has 0 spiro atoms. The van der Waals surface area contributed by atoms with E-state index in [-0.39, 0.29) is 11.3 Å². The molecule has 1 aromatic carbocycles. The van der Waals surface area contributed by atoms with Crippen LogP contribution in [0.4, 0.5) is 0 Å². The number of rotatable bonds is 5. The van der Waals surface area contributed by atoms with Crippen molar-refractivity contribution in [3.8, 4) is 0 Å². The molecule has 0 atom stereocenters. The molecule has 2 saturated carbocycles. The van der Waals surface area contributed by atoms with Gasteiger partial charge >= 0.3 is 5.97 Å². The Morgan fingerprint density at radius 1 is 1.20 bits per heavy atom. The van der Waals surface area contributed by atoms with Gasteiger partial charge in [0.2, 0.25) is 5.91 Å². The van der Waals surface area contributed by atoms with Crippen LogP contribution in [0.15, 0.2) is 28.7 Å². The summed E-state index contributed by atoms with van der Waals surface area (Å²) in [6, 6.07) is 8.01. The maximum atomic E-state index is 12.1. The molecule has 5 heteroatoms. The van der Waals surface area contributed by atoms with Gasteiger partial charge in [-0.3, -0.25) is 9.59 Å². The fourth-order valence-electron chi connectivity index (χ4n) is 2.67. The van der Waals surface area contributed by atoms with E-state index in [1.807, 2.05) is 18.2 Å². The van der Waals surface area contributed by atoms with Gasteiger partial charge in [-0.25, -0.2) is 0 Å². The molecule has 0 heterocycles. The smallest absolute Gasteiger partial charge is 0.319 e. The Balaban J connectivity index is 1.69. The van der Waals surface area contributed by atoms with Crippen LogP contribution in [-0.2, 0) is 15.0 Å². The average molecular weight is 338 g/mol. The highest BCUT2D eigenvalue weighted by molar-refractivity contribution is 9.10. The normalized spacial score (nSPS) is 21.1. The molecular formula is C15H16BrNO3. The van der Waals surface area contributed by atoms with Gasteiger partial charge in [0, 0.05) is 16.4 Å². The number of hydrogen-bond acceptors (Lipinski definition) is 2. The summed E-state index contributed by atoms with van der Waals surface area (Å²) in [5.41, 5.74) is 0.0226. The van der Waals surface area contributed by atoms with Crippen LogP contribution in [0.5, 0.6) is 0 Å². The average Bonchev–Trinajstić information content (AvgIpc) is 3.31. The summed E-state index contributed by atoms with van der Waals surface area (Å²) < 4.78 is 1.05. The number of benzene rings is 1. The van der Waals surface area contributed by atoms with Crippen LogP contribution >= 0.6 is 15.9 Å². The lowest BCUT2D eigenvalue weighted by Crippen LogP contribution is -2.40. The van der Waals surface area contributed by atoms with E-state index < -0.39 is 11.4 Å². The molecule has 2 N–H and O–H groups in total. The number of nitrogens with one attached hydrogen (secondary N) is 1. The van der Waals surface area contributed by atoms with E-state index in [1.165, 1.54) is 5.56 Å². The van der Waals surface area contributed by atoms with Crippen molar-refractivity contribution in [1.29, 1.82) is 0 Å². The van der Waals surface area contributed by atoms with Crippen LogP contribution in [-0.4, -0.2) is 23.5 Å². The second-order valence-electron chi connectivity index (χ2n) is 5.83. The molecule has 106 valence electrons. The summed E-state index contributed by atoms with van der Waals surface area (Å²) in [5.74, 6) is -1.33. The van der Waals surface area contributed by atoms with E-state index in [1.54, 1.807) is 0 Å². The number of aliphatic carboxylic acids is 1. The minimum Gasteiger partial charge on any atom is -0.480 e. The molecule has 1 aromatic rings. The maximum absolute atomic E-state index is 12.1. The number of carbonyl (C=O) groups is 2. The number of carboxylic acids is 1. The lowest BCUT2D eigenvalue weighted by Gasteiger charge is -2.19. The summed E-state index contributed by atoms with van der Waals surface area (Å²) in [6.07, 6.45) is 2.96. The van der Waals surface area contributed by atoms with Gasteiger partial charge in [0.1, 0.15) is 5.41 Å². The number of carbonyl (C=O) groups excluding carboxylic acids is 1. The van der Waals surface area contributed by atoms with Gasteiger partial charge < -0.3 is 10.4 Å². The van der Waals surface area contributed by atoms with Crippen LogP contribution < -0.4 is 5.32 Å². The maximum Gasteiger partial charge on any atom is 0.319 e. The SMILES string of the molecule is O=C(O)C1(C(=O)NCC2(c3ccccc3Br)CC2)CC1. The van der Waals surface area contributed by atoms with Gasteiger partial charge in [-0.2, -0.15) is 0 Å². The first-order valence-corrected chi connectivity index (χ1v) is 7.56. The van der Waals surface area contributed by atoms with Gasteiger partial charge in [0.25, 0.3) is 0 Å². The predicted octanol–water partition coefficient (Wildman–Crippen LogP) is 2.46. The third-order valence-corrected chi connectivity index (χ3v) is 5.17. The van der Waals surface area contributed by atoms with Crippen molar-refractivity contribution in [1.82, 2.24) is 5.32 Å². The zero-order chi connectivity index (χ0) is 14.4. The number of halogens is 1. The van der Waals surface area contributed by atoms with Crippen molar-refractivity contribution < 1.29 is 14.7 Å². The Labute approximate surface area is 125 Å². The monoisotopic (exact) mass is 337 g/mol. The summed E-state index contributed by atoms with van der Waals surface area (Å²) >= 11 is 3.55. The first-order valence-electron chi connectivity index (χ1n) is 6.77. The summed E-state index contributed by atoms with van der Waals surface area (Å²) in [5, 5.41) is 12.0. The Morgan fingerprint density at radius 2 is 1.85 bits per heavy atom. The first-order chi connectivity index (χ1) is 9.50. The van der Waals surface area contributed by atoms with E-state index >= 15 is 0 Å². The van der Waals surface area contributed by atoms with Gasteiger partial charge in [0.05, 0.1) is 0 Å². The Bertz CT molecular complexity index is 576. The van der Waals surface area contributed by atoms with Crippen molar-refractivity contribution in [2.45, 2.75) is 31.1 Å². The van der Waals surface area contributed by atoms with Crippen molar-refractivity contribution in [3.63, 3.8) is 0 Å². The molecule has 0 saturated heterocycles. The van der Waals surface area contributed by atoms with E-state index in [0.717, 1.165) is 17.3 Å². The number of amides is 1.